The predicted molar refractivity (Wildman–Crippen MR) is 54.1 cm³/mol. The molecule has 80 valence electrons. The summed E-state index contributed by atoms with van der Waals surface area (Å²) in [6.45, 7) is 5.50. The van der Waals surface area contributed by atoms with Crippen molar-refractivity contribution in [2.45, 2.75) is 31.7 Å². The quantitative estimate of drug-likeness (QED) is 0.666. The Bertz CT molecular complexity index is 242. The third-order valence-corrected chi connectivity index (χ3v) is 1.52. The van der Waals surface area contributed by atoms with E-state index < -0.39 is 17.1 Å². The van der Waals surface area contributed by atoms with Crippen molar-refractivity contribution in [2.75, 3.05) is 13.6 Å². The van der Waals surface area contributed by atoms with Crippen molar-refractivity contribution in [3.05, 3.63) is 0 Å². The molecule has 4 nitrogen and oxygen atoms in total. The average molecular weight is 219 g/mol. The van der Waals surface area contributed by atoms with Crippen molar-refractivity contribution in [3.8, 4) is 6.07 Å². The molecule has 0 N–H and O–H groups in total. The molecule has 0 aromatic carbocycles. The van der Waals surface area contributed by atoms with Gasteiger partial charge in [-0.3, -0.25) is 0 Å². The highest BCUT2D eigenvalue weighted by molar-refractivity contribution is 6.22. The van der Waals surface area contributed by atoms with E-state index in [1.165, 1.54) is 4.90 Å². The largest absolute Gasteiger partial charge is 0.444 e. The summed E-state index contributed by atoms with van der Waals surface area (Å²) in [5, 5.41) is 7.74. The number of ether oxygens (including phenoxy) is 1. The maximum absolute atomic E-state index is 11.3. The van der Waals surface area contributed by atoms with Crippen LogP contribution in [0, 0.1) is 11.3 Å². The smallest absolute Gasteiger partial charge is 0.410 e. The Labute approximate surface area is 89.4 Å². The molecule has 0 rings (SSSR count). The van der Waals surface area contributed by atoms with E-state index in [0.717, 1.165) is 0 Å². The molecule has 14 heavy (non-hydrogen) atoms. The second-order valence-electron chi connectivity index (χ2n) is 3.96. The van der Waals surface area contributed by atoms with Crippen LogP contribution in [0.5, 0.6) is 0 Å². The van der Waals surface area contributed by atoms with E-state index in [1.807, 2.05) is 6.07 Å². The van der Waals surface area contributed by atoms with Gasteiger partial charge in [-0.2, -0.15) is 5.26 Å². The lowest BCUT2D eigenvalue weighted by molar-refractivity contribution is 0.0303. The van der Waals surface area contributed by atoms with Gasteiger partial charge in [-0.05, 0) is 20.8 Å². The van der Waals surface area contributed by atoms with E-state index in [2.05, 4.69) is 0 Å². The third-order valence-electron chi connectivity index (χ3n) is 1.28. The van der Waals surface area contributed by atoms with Gasteiger partial charge in [0, 0.05) is 7.05 Å². The van der Waals surface area contributed by atoms with Crippen LogP contribution in [0.1, 0.15) is 20.8 Å². The van der Waals surface area contributed by atoms with Crippen molar-refractivity contribution < 1.29 is 9.53 Å². The monoisotopic (exact) mass is 218 g/mol. The van der Waals surface area contributed by atoms with Gasteiger partial charge in [-0.15, -0.1) is 11.6 Å². The van der Waals surface area contributed by atoms with Crippen molar-refractivity contribution in [3.63, 3.8) is 0 Å². The molecule has 1 unspecified atom stereocenters. The molecule has 0 fully saturated rings. The van der Waals surface area contributed by atoms with Crippen molar-refractivity contribution in [2.24, 2.45) is 0 Å². The van der Waals surface area contributed by atoms with Crippen LogP contribution in [0.2, 0.25) is 0 Å². The van der Waals surface area contributed by atoms with Gasteiger partial charge in [-0.25, -0.2) is 4.79 Å². The summed E-state index contributed by atoms with van der Waals surface area (Å²) >= 11 is 5.56. The first-order valence-corrected chi connectivity index (χ1v) is 4.67. The predicted octanol–water partition coefficient (Wildman–Crippen LogP) is 1.98. The number of hydrogen-bond acceptors (Lipinski definition) is 3. The van der Waals surface area contributed by atoms with Crippen LogP contribution < -0.4 is 0 Å². The SMILES string of the molecule is CN(CC(Cl)C#N)C(=O)OC(C)(C)C. The van der Waals surface area contributed by atoms with Gasteiger partial charge >= 0.3 is 6.09 Å². The summed E-state index contributed by atoms with van der Waals surface area (Å²) in [4.78, 5) is 12.6. The second-order valence-corrected chi connectivity index (χ2v) is 4.48. The number of rotatable bonds is 2. The van der Waals surface area contributed by atoms with Gasteiger partial charge in [0.25, 0.3) is 0 Å². The second kappa shape index (κ2) is 5.06. The molecule has 0 spiro atoms. The molecule has 0 aliphatic heterocycles. The molecule has 0 aromatic rings. The Morgan fingerprint density at radius 2 is 2.14 bits per heavy atom. The zero-order valence-electron chi connectivity index (χ0n) is 8.87. The number of amides is 1. The standard InChI is InChI=1S/C9H15ClN2O2/c1-9(2,3)14-8(13)12(4)6-7(10)5-11/h7H,6H2,1-4H3. The van der Waals surface area contributed by atoms with E-state index >= 15 is 0 Å². The molecule has 0 aliphatic carbocycles. The molecule has 0 saturated carbocycles. The van der Waals surface area contributed by atoms with Crippen LogP contribution in [0.25, 0.3) is 0 Å². The molecule has 0 radical (unpaired) electrons. The fourth-order valence-electron chi connectivity index (χ4n) is 0.696. The Hall–Kier alpha value is -0.950. The van der Waals surface area contributed by atoms with Crippen molar-refractivity contribution >= 4 is 17.7 Å². The summed E-state index contributed by atoms with van der Waals surface area (Å²) in [6.07, 6.45) is -0.474. The highest BCUT2D eigenvalue weighted by Crippen LogP contribution is 2.09. The first-order chi connectivity index (χ1) is 6.26. The molecule has 0 heterocycles. The number of alkyl halides is 1. The minimum Gasteiger partial charge on any atom is -0.444 e. The normalized spacial score (nSPS) is 12.9. The Morgan fingerprint density at radius 3 is 2.50 bits per heavy atom. The van der Waals surface area contributed by atoms with E-state index in [1.54, 1.807) is 27.8 Å². The minimum atomic E-state index is -0.701. The fourth-order valence-corrected chi connectivity index (χ4v) is 0.903. The van der Waals surface area contributed by atoms with E-state index in [0.29, 0.717) is 0 Å². The summed E-state index contributed by atoms with van der Waals surface area (Å²) in [7, 11) is 1.54. The number of hydrogen-bond donors (Lipinski definition) is 0. The Kier molecular flexibility index (Phi) is 4.72. The molecule has 1 atom stereocenters. The van der Waals surface area contributed by atoms with Crippen LogP contribution in [0.3, 0.4) is 0 Å². The van der Waals surface area contributed by atoms with Crippen LogP contribution >= 0.6 is 11.6 Å². The van der Waals surface area contributed by atoms with Gasteiger partial charge in [0.2, 0.25) is 0 Å². The summed E-state index contributed by atoms with van der Waals surface area (Å²) in [5.41, 5.74) is -0.528. The molecule has 0 bridgehead atoms. The van der Waals surface area contributed by atoms with Crippen LogP contribution in [-0.4, -0.2) is 35.6 Å². The van der Waals surface area contributed by atoms with Gasteiger partial charge in [-0.1, -0.05) is 0 Å². The Morgan fingerprint density at radius 1 is 1.64 bits per heavy atom. The minimum absolute atomic E-state index is 0.160. The number of nitrogens with zero attached hydrogens (tertiary/aromatic N) is 2. The molecule has 5 heteroatoms. The lowest BCUT2D eigenvalue weighted by atomic mass is 10.2. The Balaban J connectivity index is 4.08. The first kappa shape index (κ1) is 13.1. The molecule has 1 amide bonds. The van der Waals surface area contributed by atoms with Crippen LogP contribution in [0.4, 0.5) is 4.79 Å². The molecular weight excluding hydrogens is 204 g/mol. The topological polar surface area (TPSA) is 53.3 Å². The van der Waals surface area contributed by atoms with Gasteiger partial charge in [0.1, 0.15) is 11.0 Å². The summed E-state index contributed by atoms with van der Waals surface area (Å²) < 4.78 is 5.06. The average Bonchev–Trinajstić information content (AvgIpc) is 2.00. The van der Waals surface area contributed by atoms with Gasteiger partial charge < -0.3 is 9.64 Å². The lowest BCUT2D eigenvalue weighted by Crippen LogP contribution is -2.37. The zero-order chi connectivity index (χ0) is 11.4. The van der Waals surface area contributed by atoms with Gasteiger partial charge in [0.05, 0.1) is 12.6 Å². The summed E-state index contributed by atoms with van der Waals surface area (Å²) in [6, 6.07) is 1.83. The summed E-state index contributed by atoms with van der Waals surface area (Å²) in [5.74, 6) is 0. The molecule has 0 aliphatic rings. The fraction of sp³-hybridized carbons (Fsp3) is 0.778. The number of nitriles is 1. The highest BCUT2D eigenvalue weighted by Gasteiger charge is 2.20. The van der Waals surface area contributed by atoms with E-state index in [-0.39, 0.29) is 6.54 Å². The van der Waals surface area contributed by atoms with E-state index in [4.69, 9.17) is 21.6 Å². The highest BCUT2D eigenvalue weighted by atomic mass is 35.5. The third kappa shape index (κ3) is 5.65. The maximum atomic E-state index is 11.3. The maximum Gasteiger partial charge on any atom is 0.410 e. The van der Waals surface area contributed by atoms with Crippen molar-refractivity contribution in [1.82, 2.24) is 4.90 Å². The number of halogens is 1. The van der Waals surface area contributed by atoms with E-state index in [9.17, 15) is 4.79 Å². The van der Waals surface area contributed by atoms with Gasteiger partial charge in [0.15, 0.2) is 0 Å². The lowest BCUT2D eigenvalue weighted by Gasteiger charge is -2.24. The zero-order valence-corrected chi connectivity index (χ0v) is 9.63. The molecule has 0 saturated heterocycles. The molecular formula is C9H15ClN2O2. The van der Waals surface area contributed by atoms with Crippen LogP contribution in [0.15, 0.2) is 0 Å². The molecule has 0 aromatic heterocycles. The number of carbonyl (C=O) groups is 1. The van der Waals surface area contributed by atoms with Crippen LogP contribution in [-0.2, 0) is 4.74 Å². The number of carbonyl (C=O) groups excluding carboxylic acids is 1. The van der Waals surface area contributed by atoms with Crippen molar-refractivity contribution in [1.29, 1.82) is 5.26 Å². The first-order valence-electron chi connectivity index (χ1n) is 4.24.